The first-order valence-corrected chi connectivity index (χ1v) is 7.99. The van der Waals surface area contributed by atoms with E-state index in [0.717, 1.165) is 12.8 Å². The Balaban J connectivity index is 2.17. The summed E-state index contributed by atoms with van der Waals surface area (Å²) in [5.41, 5.74) is 0.441. The van der Waals surface area contributed by atoms with E-state index in [-0.39, 0.29) is 22.2 Å². The van der Waals surface area contributed by atoms with Crippen molar-refractivity contribution < 1.29 is 14.7 Å². The summed E-state index contributed by atoms with van der Waals surface area (Å²) in [7, 11) is 0. The van der Waals surface area contributed by atoms with Crippen molar-refractivity contribution in [3.63, 3.8) is 0 Å². The van der Waals surface area contributed by atoms with Crippen molar-refractivity contribution in [3.05, 3.63) is 20.2 Å². The minimum absolute atomic E-state index is 0.0440. The maximum atomic E-state index is 12.3. The Morgan fingerprint density at radius 3 is 2.48 bits per heavy atom. The topological polar surface area (TPSA) is 79.6 Å². The summed E-state index contributed by atoms with van der Waals surface area (Å²) in [6, 6.07) is 0. The van der Waals surface area contributed by atoms with Gasteiger partial charge in [-0.2, -0.15) is 0 Å². The van der Waals surface area contributed by atoms with Gasteiger partial charge in [0.2, 0.25) is 5.91 Å². The van der Waals surface area contributed by atoms with E-state index >= 15 is 0 Å². The molecular weight excluding hydrogens is 292 g/mol. The van der Waals surface area contributed by atoms with Gasteiger partial charge in [-0.1, -0.05) is 25.2 Å². The van der Waals surface area contributed by atoms with Crippen LogP contribution in [0.1, 0.15) is 42.1 Å². The molecule has 1 aromatic heterocycles. The molecule has 1 aromatic rings. The van der Waals surface area contributed by atoms with Crippen molar-refractivity contribution in [2.45, 2.75) is 39.7 Å². The number of carbonyl (C=O) groups is 2. The SMILES string of the molecule is CCc1c(C(=O)O)sc(=O)n1CC(=O)N1CCC(C)CC1. The van der Waals surface area contributed by atoms with Gasteiger partial charge in [-0.15, -0.1) is 0 Å². The standard InChI is InChI=1S/C14H20N2O4S/c1-3-10-12(13(18)19)21-14(20)16(10)8-11(17)15-6-4-9(2)5-7-15/h9H,3-8H2,1-2H3,(H,18,19). The molecule has 1 fully saturated rings. The number of hydrogen-bond acceptors (Lipinski definition) is 4. The van der Waals surface area contributed by atoms with Crippen LogP contribution in [0.5, 0.6) is 0 Å². The van der Waals surface area contributed by atoms with Gasteiger partial charge in [-0.25, -0.2) is 4.79 Å². The third-order valence-corrected chi connectivity index (χ3v) is 4.97. The fourth-order valence-electron chi connectivity index (χ4n) is 2.61. The average molecular weight is 312 g/mol. The fourth-order valence-corrected chi connectivity index (χ4v) is 3.53. The number of amides is 1. The van der Waals surface area contributed by atoms with E-state index in [1.54, 1.807) is 11.8 Å². The zero-order chi connectivity index (χ0) is 15.6. The molecule has 0 radical (unpaired) electrons. The molecule has 2 heterocycles. The summed E-state index contributed by atoms with van der Waals surface area (Å²) < 4.78 is 1.31. The summed E-state index contributed by atoms with van der Waals surface area (Å²) in [5.74, 6) is -0.580. The van der Waals surface area contributed by atoms with Gasteiger partial charge in [-0.3, -0.25) is 14.2 Å². The maximum absolute atomic E-state index is 12.3. The number of carboxylic acids is 1. The van der Waals surface area contributed by atoms with Gasteiger partial charge in [-0.05, 0) is 25.2 Å². The summed E-state index contributed by atoms with van der Waals surface area (Å²) in [6.07, 6.45) is 2.38. The number of likely N-dealkylation sites (tertiary alicyclic amines) is 1. The zero-order valence-electron chi connectivity index (χ0n) is 12.3. The molecule has 1 amide bonds. The number of aromatic nitrogens is 1. The first kappa shape index (κ1) is 15.8. The van der Waals surface area contributed by atoms with Crippen molar-refractivity contribution in [3.8, 4) is 0 Å². The second-order valence-electron chi connectivity index (χ2n) is 5.45. The average Bonchev–Trinajstić information content (AvgIpc) is 2.76. The molecule has 1 aliphatic rings. The number of carboxylic acid groups (broad SMARTS) is 1. The van der Waals surface area contributed by atoms with Gasteiger partial charge in [0.25, 0.3) is 0 Å². The predicted octanol–water partition coefficient (Wildman–Crippen LogP) is 1.43. The molecule has 116 valence electrons. The number of hydrogen-bond donors (Lipinski definition) is 1. The number of carbonyl (C=O) groups excluding carboxylic acids is 1. The lowest BCUT2D eigenvalue weighted by Gasteiger charge is -2.30. The van der Waals surface area contributed by atoms with Crippen molar-refractivity contribution in [1.29, 1.82) is 0 Å². The van der Waals surface area contributed by atoms with Crippen LogP contribution in [0, 0.1) is 5.92 Å². The van der Waals surface area contributed by atoms with Gasteiger partial charge >= 0.3 is 10.8 Å². The summed E-state index contributed by atoms with van der Waals surface area (Å²) in [4.78, 5) is 36.8. The molecule has 0 spiro atoms. The Kier molecular flexibility index (Phi) is 4.82. The molecule has 21 heavy (non-hydrogen) atoms. The molecule has 1 aliphatic heterocycles. The Labute approximate surface area is 127 Å². The van der Waals surface area contributed by atoms with Crippen molar-refractivity contribution in [2.75, 3.05) is 13.1 Å². The smallest absolute Gasteiger partial charge is 0.347 e. The van der Waals surface area contributed by atoms with Crippen LogP contribution in [0.2, 0.25) is 0 Å². The third kappa shape index (κ3) is 3.34. The summed E-state index contributed by atoms with van der Waals surface area (Å²) >= 11 is 0.700. The minimum Gasteiger partial charge on any atom is -0.477 e. The first-order valence-electron chi connectivity index (χ1n) is 7.17. The van der Waals surface area contributed by atoms with E-state index in [9.17, 15) is 14.4 Å². The van der Waals surface area contributed by atoms with E-state index in [4.69, 9.17) is 5.11 Å². The molecule has 1 N–H and O–H groups in total. The molecule has 0 atom stereocenters. The lowest BCUT2D eigenvalue weighted by molar-refractivity contribution is -0.133. The van der Waals surface area contributed by atoms with Crippen LogP contribution in [0.3, 0.4) is 0 Å². The van der Waals surface area contributed by atoms with Crippen molar-refractivity contribution >= 4 is 23.2 Å². The summed E-state index contributed by atoms with van der Waals surface area (Å²) in [5, 5.41) is 9.11. The zero-order valence-corrected chi connectivity index (χ0v) is 13.1. The molecule has 2 rings (SSSR count). The van der Waals surface area contributed by atoms with E-state index in [2.05, 4.69) is 6.92 Å². The molecule has 0 aromatic carbocycles. The van der Waals surface area contributed by atoms with E-state index in [1.165, 1.54) is 4.57 Å². The highest BCUT2D eigenvalue weighted by Crippen LogP contribution is 2.18. The van der Waals surface area contributed by atoms with Crippen LogP contribution < -0.4 is 4.87 Å². The second kappa shape index (κ2) is 6.43. The number of nitrogens with zero attached hydrogens (tertiary/aromatic N) is 2. The van der Waals surface area contributed by atoms with Crippen LogP contribution in [-0.2, 0) is 17.8 Å². The van der Waals surface area contributed by atoms with E-state index in [0.29, 0.717) is 42.5 Å². The molecular formula is C14H20N2O4S. The lowest BCUT2D eigenvalue weighted by Crippen LogP contribution is -2.41. The van der Waals surface area contributed by atoms with Crippen molar-refractivity contribution in [1.82, 2.24) is 9.47 Å². The van der Waals surface area contributed by atoms with Crippen LogP contribution in [0.4, 0.5) is 0 Å². The Hall–Kier alpha value is -1.63. The highest BCUT2D eigenvalue weighted by molar-refractivity contribution is 7.11. The quantitative estimate of drug-likeness (QED) is 0.912. The highest BCUT2D eigenvalue weighted by atomic mass is 32.1. The largest absolute Gasteiger partial charge is 0.477 e. The number of thiazole rings is 1. The van der Waals surface area contributed by atoms with Crippen molar-refractivity contribution in [2.24, 2.45) is 5.92 Å². The van der Waals surface area contributed by atoms with Gasteiger partial charge in [0, 0.05) is 18.8 Å². The number of rotatable bonds is 4. The van der Waals surface area contributed by atoms with Gasteiger partial charge in [0.05, 0.1) is 0 Å². The Morgan fingerprint density at radius 1 is 1.33 bits per heavy atom. The molecule has 1 saturated heterocycles. The minimum atomic E-state index is -1.10. The molecule has 0 bridgehead atoms. The number of piperidine rings is 1. The van der Waals surface area contributed by atoms with Gasteiger partial charge < -0.3 is 10.0 Å². The van der Waals surface area contributed by atoms with E-state index in [1.807, 2.05) is 0 Å². The predicted molar refractivity (Wildman–Crippen MR) is 79.9 cm³/mol. The van der Waals surface area contributed by atoms with Crippen LogP contribution in [0.15, 0.2) is 4.79 Å². The lowest BCUT2D eigenvalue weighted by atomic mass is 9.99. The Morgan fingerprint density at radius 2 is 1.95 bits per heavy atom. The van der Waals surface area contributed by atoms with Crippen LogP contribution >= 0.6 is 11.3 Å². The van der Waals surface area contributed by atoms with E-state index < -0.39 is 5.97 Å². The molecule has 0 aliphatic carbocycles. The Bertz CT molecular complexity index is 597. The normalized spacial score (nSPS) is 16.2. The monoisotopic (exact) mass is 312 g/mol. The molecule has 7 heteroatoms. The van der Waals surface area contributed by atoms with Crippen LogP contribution in [-0.4, -0.2) is 39.5 Å². The first-order chi connectivity index (χ1) is 9.93. The highest BCUT2D eigenvalue weighted by Gasteiger charge is 2.24. The van der Waals surface area contributed by atoms with Gasteiger partial charge in [0.1, 0.15) is 11.4 Å². The number of aromatic carboxylic acids is 1. The fraction of sp³-hybridized carbons (Fsp3) is 0.643. The molecule has 6 nitrogen and oxygen atoms in total. The second-order valence-corrected chi connectivity index (χ2v) is 6.41. The summed E-state index contributed by atoms with van der Waals surface area (Å²) in [6.45, 7) is 5.33. The maximum Gasteiger partial charge on any atom is 0.347 e. The van der Waals surface area contributed by atoms with Crippen LogP contribution in [0.25, 0.3) is 0 Å². The van der Waals surface area contributed by atoms with Gasteiger partial charge in [0.15, 0.2) is 0 Å². The third-order valence-electron chi connectivity index (χ3n) is 3.96. The molecule has 0 unspecified atom stereocenters. The molecule has 0 saturated carbocycles.